The van der Waals surface area contributed by atoms with Crippen molar-refractivity contribution in [1.29, 1.82) is 0 Å². The van der Waals surface area contributed by atoms with Crippen molar-refractivity contribution >= 4 is 40.5 Å². The molecule has 1 aliphatic heterocycles. The van der Waals surface area contributed by atoms with Crippen LogP contribution in [0.2, 0.25) is 0 Å². The fraction of sp³-hybridized carbons (Fsp3) is 0.348. The zero-order valence-electron chi connectivity index (χ0n) is 19.0. The molecule has 4 rings (SSSR count). The highest BCUT2D eigenvalue weighted by molar-refractivity contribution is 6.07. The average Bonchev–Trinajstić information content (AvgIpc) is 3.37. The lowest BCUT2D eigenvalue weighted by Gasteiger charge is -2.17. The van der Waals surface area contributed by atoms with Gasteiger partial charge in [0.25, 0.3) is 0 Å². The number of fused-ring (bicyclic) bond motifs is 1. The van der Waals surface area contributed by atoms with Gasteiger partial charge in [0.2, 0.25) is 11.6 Å². The molecule has 1 fully saturated rings. The zero-order valence-corrected chi connectivity index (χ0v) is 19.0. The monoisotopic (exact) mass is 468 g/mol. The number of nitrogen functional groups attached to an aromatic ring is 1. The highest BCUT2D eigenvalue weighted by atomic mass is 16.5. The van der Waals surface area contributed by atoms with E-state index in [1.807, 2.05) is 0 Å². The smallest absolute Gasteiger partial charge is 0.342 e. The molecule has 2 N–H and O–H groups in total. The molecular weight excluding hydrogens is 444 g/mol. The van der Waals surface area contributed by atoms with Crippen LogP contribution in [0.15, 0.2) is 28.7 Å². The van der Waals surface area contributed by atoms with Crippen molar-refractivity contribution in [2.45, 2.75) is 26.9 Å². The third-order valence-electron chi connectivity index (χ3n) is 5.45. The van der Waals surface area contributed by atoms with Gasteiger partial charge in [0.05, 0.1) is 25.0 Å². The number of aromatic nitrogens is 2. The summed E-state index contributed by atoms with van der Waals surface area (Å²) in [6, 6.07) is 7.05. The van der Waals surface area contributed by atoms with Crippen LogP contribution in [-0.4, -0.2) is 48.1 Å². The predicted molar refractivity (Wildman–Crippen MR) is 120 cm³/mol. The number of carbonyl (C=O) groups excluding carboxylic acids is 3. The first kappa shape index (κ1) is 23.0. The van der Waals surface area contributed by atoms with E-state index in [0.717, 1.165) is 0 Å². The first-order chi connectivity index (χ1) is 16.3. The Bertz CT molecular complexity index is 1270. The van der Waals surface area contributed by atoms with Gasteiger partial charge in [-0.25, -0.2) is 9.78 Å². The predicted octanol–water partition coefficient (Wildman–Crippen LogP) is 2.40. The number of nitrogens with two attached hydrogens (primary N) is 1. The molecule has 0 aliphatic carbocycles. The highest BCUT2D eigenvalue weighted by Crippen LogP contribution is 2.30. The molecule has 1 unspecified atom stereocenters. The number of benzene rings is 1. The number of amides is 1. The van der Waals surface area contributed by atoms with E-state index in [2.05, 4.69) is 9.97 Å². The summed E-state index contributed by atoms with van der Waals surface area (Å²) in [5.74, 6) is -0.932. The van der Waals surface area contributed by atoms with Gasteiger partial charge in [0.15, 0.2) is 12.4 Å². The van der Waals surface area contributed by atoms with Gasteiger partial charge in [0.1, 0.15) is 22.9 Å². The number of furan rings is 1. The molecule has 178 valence electrons. The number of hydrogen-bond acceptors (Lipinski definition) is 10. The van der Waals surface area contributed by atoms with Crippen LogP contribution in [0.3, 0.4) is 0 Å². The number of carbonyl (C=O) groups is 3. The lowest BCUT2D eigenvalue weighted by atomic mass is 10.1. The van der Waals surface area contributed by atoms with Crippen molar-refractivity contribution in [3.05, 3.63) is 41.4 Å². The maximum absolute atomic E-state index is 12.6. The van der Waals surface area contributed by atoms with Gasteiger partial charge in [-0.3, -0.25) is 9.59 Å². The van der Waals surface area contributed by atoms with E-state index in [1.54, 1.807) is 45.2 Å². The molecule has 1 aliphatic rings. The second kappa shape index (κ2) is 9.38. The molecule has 1 amide bonds. The molecule has 1 atom stereocenters. The number of esters is 2. The highest BCUT2D eigenvalue weighted by Gasteiger charge is 2.36. The second-order valence-corrected chi connectivity index (χ2v) is 7.67. The van der Waals surface area contributed by atoms with Gasteiger partial charge >= 0.3 is 11.9 Å². The minimum Gasteiger partial charge on any atom is -0.497 e. The molecule has 1 aromatic carbocycles. The minimum absolute atomic E-state index is 0.0104. The van der Waals surface area contributed by atoms with Gasteiger partial charge in [-0.05, 0) is 26.0 Å². The SMILES string of the molecule is CCOC(=O)c1c(C)oc2nc(COC(=O)C3CC(=O)N(c4cccc(OC)c4)C3)nc(N)c12. The number of rotatable bonds is 7. The van der Waals surface area contributed by atoms with Crippen molar-refractivity contribution in [2.75, 3.05) is 30.9 Å². The lowest BCUT2D eigenvalue weighted by Crippen LogP contribution is -2.26. The number of nitrogens with zero attached hydrogens (tertiary/aromatic N) is 3. The summed E-state index contributed by atoms with van der Waals surface area (Å²) >= 11 is 0. The minimum atomic E-state index is -0.638. The number of anilines is 2. The number of ether oxygens (including phenoxy) is 3. The zero-order chi connectivity index (χ0) is 24.4. The summed E-state index contributed by atoms with van der Waals surface area (Å²) in [4.78, 5) is 47.2. The summed E-state index contributed by atoms with van der Waals surface area (Å²) in [6.45, 7) is 3.40. The molecule has 0 saturated carbocycles. The summed E-state index contributed by atoms with van der Waals surface area (Å²) < 4.78 is 21.2. The summed E-state index contributed by atoms with van der Waals surface area (Å²) in [7, 11) is 1.54. The fourth-order valence-corrected chi connectivity index (χ4v) is 3.84. The van der Waals surface area contributed by atoms with Gasteiger partial charge in [0, 0.05) is 24.7 Å². The molecule has 2 aromatic heterocycles. The van der Waals surface area contributed by atoms with Crippen LogP contribution >= 0.6 is 0 Å². The number of hydrogen-bond donors (Lipinski definition) is 1. The van der Waals surface area contributed by atoms with E-state index < -0.39 is 17.9 Å². The largest absolute Gasteiger partial charge is 0.497 e. The molecule has 3 aromatic rings. The Balaban J connectivity index is 1.45. The van der Waals surface area contributed by atoms with Gasteiger partial charge in [-0.1, -0.05) is 6.07 Å². The first-order valence-electron chi connectivity index (χ1n) is 10.7. The van der Waals surface area contributed by atoms with Gasteiger partial charge in [-0.2, -0.15) is 4.98 Å². The summed E-state index contributed by atoms with van der Waals surface area (Å²) in [6.07, 6.45) is 0.0261. The fourth-order valence-electron chi connectivity index (χ4n) is 3.84. The molecule has 11 nitrogen and oxygen atoms in total. The van der Waals surface area contributed by atoms with Crippen molar-refractivity contribution in [3.63, 3.8) is 0 Å². The van der Waals surface area contributed by atoms with Crippen LogP contribution in [0.4, 0.5) is 11.5 Å². The third-order valence-corrected chi connectivity index (χ3v) is 5.45. The number of aryl methyl sites for hydroxylation is 1. The normalized spacial score (nSPS) is 15.6. The van der Waals surface area contributed by atoms with Crippen LogP contribution < -0.4 is 15.4 Å². The Labute approximate surface area is 194 Å². The molecule has 34 heavy (non-hydrogen) atoms. The van der Waals surface area contributed by atoms with Crippen molar-refractivity contribution in [1.82, 2.24) is 9.97 Å². The van der Waals surface area contributed by atoms with Crippen molar-refractivity contribution < 1.29 is 33.0 Å². The van der Waals surface area contributed by atoms with E-state index in [-0.39, 0.29) is 60.4 Å². The van der Waals surface area contributed by atoms with Crippen LogP contribution in [0, 0.1) is 12.8 Å². The number of methoxy groups -OCH3 is 1. The van der Waals surface area contributed by atoms with Gasteiger partial charge in [-0.15, -0.1) is 0 Å². The molecule has 0 spiro atoms. The Morgan fingerprint density at radius 2 is 2.06 bits per heavy atom. The maximum atomic E-state index is 12.6. The van der Waals surface area contributed by atoms with E-state index in [1.165, 1.54) is 4.90 Å². The Hall–Kier alpha value is -4.15. The molecular formula is C23H24N4O7. The van der Waals surface area contributed by atoms with Crippen LogP contribution in [0.5, 0.6) is 5.75 Å². The Morgan fingerprint density at radius 1 is 1.26 bits per heavy atom. The van der Waals surface area contributed by atoms with E-state index >= 15 is 0 Å². The molecule has 11 heteroatoms. The van der Waals surface area contributed by atoms with Crippen LogP contribution in [-0.2, 0) is 25.7 Å². The maximum Gasteiger partial charge on any atom is 0.342 e. The molecule has 0 bridgehead atoms. The van der Waals surface area contributed by atoms with E-state index in [9.17, 15) is 14.4 Å². The van der Waals surface area contributed by atoms with Crippen molar-refractivity contribution in [3.8, 4) is 5.75 Å². The van der Waals surface area contributed by atoms with Gasteiger partial charge < -0.3 is 29.3 Å². The summed E-state index contributed by atoms with van der Waals surface area (Å²) in [5, 5.41) is 0.251. The topological polar surface area (TPSA) is 147 Å². The van der Waals surface area contributed by atoms with Crippen LogP contribution in [0.25, 0.3) is 11.1 Å². The van der Waals surface area contributed by atoms with E-state index in [4.69, 9.17) is 24.4 Å². The Morgan fingerprint density at radius 3 is 2.79 bits per heavy atom. The molecule has 0 radical (unpaired) electrons. The van der Waals surface area contributed by atoms with Crippen LogP contribution in [0.1, 0.15) is 35.3 Å². The lowest BCUT2D eigenvalue weighted by molar-refractivity contribution is -0.149. The second-order valence-electron chi connectivity index (χ2n) is 7.67. The van der Waals surface area contributed by atoms with E-state index in [0.29, 0.717) is 17.2 Å². The third kappa shape index (κ3) is 4.36. The quantitative estimate of drug-likeness (QED) is 0.513. The summed E-state index contributed by atoms with van der Waals surface area (Å²) in [5.41, 5.74) is 6.95. The molecule has 1 saturated heterocycles. The van der Waals surface area contributed by atoms with Crippen molar-refractivity contribution in [2.24, 2.45) is 5.92 Å². The average molecular weight is 468 g/mol. The Kier molecular flexibility index (Phi) is 6.35. The molecule has 3 heterocycles. The first-order valence-corrected chi connectivity index (χ1v) is 10.7. The standard InChI is InChI=1S/C23H24N4O7/c1-4-32-23(30)18-12(2)34-21-19(18)20(24)25-16(26-21)11-33-22(29)13-8-17(28)27(10-13)14-6-5-7-15(9-14)31-3/h5-7,9,13H,4,8,10-11H2,1-3H3,(H2,24,25,26).